The van der Waals surface area contributed by atoms with Crippen LogP contribution in [-0.4, -0.2) is 55.8 Å². The molecule has 3 atom stereocenters. The van der Waals surface area contributed by atoms with E-state index in [9.17, 15) is 4.79 Å². The molecule has 4 aromatic rings. The number of hydrogen-bond donors (Lipinski definition) is 1. The number of hydrogen-bond acceptors (Lipinski definition) is 9. The first-order valence-corrected chi connectivity index (χ1v) is 14.7. The van der Waals surface area contributed by atoms with Crippen LogP contribution in [0.25, 0.3) is 0 Å². The van der Waals surface area contributed by atoms with E-state index >= 15 is 0 Å². The lowest BCUT2D eigenvalue weighted by Crippen LogP contribution is -2.36. The fourth-order valence-corrected chi connectivity index (χ4v) is 5.91. The molecule has 0 bridgehead atoms. The molecule has 10 heteroatoms. The zero-order chi connectivity index (χ0) is 31.2. The monoisotopic (exact) mass is 609 g/mol. The lowest BCUT2D eigenvalue weighted by atomic mass is 9.80. The minimum atomic E-state index is -1.02. The topological polar surface area (TPSA) is 102 Å². The van der Waals surface area contributed by atoms with Gasteiger partial charge in [-0.2, -0.15) is 4.98 Å². The predicted molar refractivity (Wildman–Crippen MR) is 167 cm³/mol. The van der Waals surface area contributed by atoms with Crippen LogP contribution in [0.5, 0.6) is 11.5 Å². The van der Waals surface area contributed by atoms with Crippen molar-refractivity contribution < 1.29 is 28.5 Å². The van der Waals surface area contributed by atoms with Crippen molar-refractivity contribution in [1.82, 2.24) is 9.55 Å². The number of nitrogens with one attached hydrogen (secondary N) is 1. The summed E-state index contributed by atoms with van der Waals surface area (Å²) in [5.41, 5.74) is 4.79. The maximum Gasteiger partial charge on any atom is 0.351 e. The third-order valence-electron chi connectivity index (χ3n) is 8.13. The lowest BCUT2D eigenvalue weighted by molar-refractivity contribution is -0.0933. The second-order valence-corrected chi connectivity index (χ2v) is 10.8. The Morgan fingerprint density at radius 1 is 0.978 bits per heavy atom. The van der Waals surface area contributed by atoms with Crippen LogP contribution in [0, 0.1) is 12.3 Å². The number of terminal acetylenes is 1. The average molecular weight is 610 g/mol. The number of ether oxygens (including phenoxy) is 5. The van der Waals surface area contributed by atoms with E-state index in [1.54, 1.807) is 20.4 Å². The van der Waals surface area contributed by atoms with Crippen molar-refractivity contribution in [3.05, 3.63) is 118 Å². The molecule has 1 fully saturated rings. The highest BCUT2D eigenvalue weighted by Crippen LogP contribution is 2.43. The van der Waals surface area contributed by atoms with E-state index in [0.29, 0.717) is 25.3 Å². The molecule has 0 aliphatic carbocycles. The number of nitrogens with zero attached hydrogens (tertiary/aromatic N) is 2. The van der Waals surface area contributed by atoms with Crippen molar-refractivity contribution in [3.63, 3.8) is 0 Å². The Morgan fingerprint density at radius 2 is 1.62 bits per heavy atom. The van der Waals surface area contributed by atoms with Gasteiger partial charge in [0.1, 0.15) is 29.8 Å². The Bertz CT molecular complexity index is 1640. The lowest BCUT2D eigenvalue weighted by Gasteiger charge is -2.37. The zero-order valence-electron chi connectivity index (χ0n) is 25.2. The van der Waals surface area contributed by atoms with Crippen molar-refractivity contribution in [2.75, 3.05) is 39.5 Å². The Morgan fingerprint density at radius 3 is 2.24 bits per heavy atom. The van der Waals surface area contributed by atoms with Gasteiger partial charge in [-0.25, -0.2) is 10.3 Å². The van der Waals surface area contributed by atoms with E-state index in [0.717, 1.165) is 33.8 Å². The summed E-state index contributed by atoms with van der Waals surface area (Å²) in [7, 11) is 3.28. The maximum atomic E-state index is 13.1. The van der Waals surface area contributed by atoms with E-state index in [1.165, 1.54) is 4.57 Å². The number of fused-ring (bicyclic) bond motifs is 1. The molecular weight excluding hydrogens is 574 g/mol. The molecule has 1 saturated heterocycles. The SMILES string of the molecule is C#CCO[C@@H]1C[C@H](COC(c2ccccc2)(c2ccc(OC)cc2)c2ccc(OC)cc2)O[C@H]1n1cc2c(nc1=O)NOCC2. The largest absolute Gasteiger partial charge is 0.497 e. The molecule has 1 N–H and O–H groups in total. The average Bonchev–Trinajstić information content (AvgIpc) is 3.50. The molecule has 3 aromatic carbocycles. The summed E-state index contributed by atoms with van der Waals surface area (Å²) in [6, 6.07) is 25.7. The van der Waals surface area contributed by atoms with Gasteiger partial charge < -0.3 is 23.7 Å². The number of aromatic nitrogens is 2. The summed E-state index contributed by atoms with van der Waals surface area (Å²) >= 11 is 0. The standard InChI is InChI=1S/C35H35N3O7/c1-4-19-42-31-21-30(45-33(31)38-22-24-18-20-44-37-32(24)36-34(38)39)23-43-35(25-8-6-5-7-9-25,26-10-14-28(40-2)15-11-26)27-12-16-29(41-3)17-13-27/h1,5-17,22,30-31,33H,18-21,23H2,2-3H3,(H,36,37,39)/t30-,31-,33-/m1/s1. The molecule has 2 aliphatic rings. The number of anilines is 1. The van der Waals surface area contributed by atoms with Gasteiger partial charge >= 0.3 is 5.69 Å². The molecule has 1 aromatic heterocycles. The van der Waals surface area contributed by atoms with Gasteiger partial charge in [-0.3, -0.25) is 9.40 Å². The Hall–Kier alpha value is -4.66. The molecule has 232 valence electrons. The quantitative estimate of drug-likeness (QED) is 0.195. The second-order valence-electron chi connectivity index (χ2n) is 10.8. The molecule has 0 spiro atoms. The van der Waals surface area contributed by atoms with Gasteiger partial charge in [-0.05, 0) is 41.0 Å². The highest BCUT2D eigenvalue weighted by atomic mass is 16.6. The van der Waals surface area contributed by atoms with Gasteiger partial charge in [0.15, 0.2) is 12.0 Å². The normalized spacial score (nSPS) is 19.3. The molecule has 3 heterocycles. The van der Waals surface area contributed by atoms with E-state index in [2.05, 4.69) is 16.4 Å². The van der Waals surface area contributed by atoms with Crippen molar-refractivity contribution >= 4 is 5.82 Å². The van der Waals surface area contributed by atoms with Gasteiger partial charge in [0.05, 0.1) is 33.5 Å². The third-order valence-corrected chi connectivity index (χ3v) is 8.13. The number of benzene rings is 3. The van der Waals surface area contributed by atoms with Crippen molar-refractivity contribution in [2.24, 2.45) is 0 Å². The van der Waals surface area contributed by atoms with Crippen LogP contribution in [0.4, 0.5) is 5.82 Å². The third kappa shape index (κ3) is 6.16. The number of rotatable bonds is 11. The van der Waals surface area contributed by atoms with E-state index < -0.39 is 29.7 Å². The van der Waals surface area contributed by atoms with Gasteiger partial charge in [-0.1, -0.05) is 60.5 Å². The van der Waals surface area contributed by atoms with Gasteiger partial charge in [0.25, 0.3) is 0 Å². The zero-order valence-corrected chi connectivity index (χ0v) is 25.2. The Kier molecular flexibility index (Phi) is 9.14. The van der Waals surface area contributed by atoms with Crippen LogP contribution in [0.3, 0.4) is 0 Å². The van der Waals surface area contributed by atoms with Gasteiger partial charge in [0, 0.05) is 24.6 Å². The molecule has 0 unspecified atom stereocenters. The minimum Gasteiger partial charge on any atom is -0.497 e. The predicted octanol–water partition coefficient (Wildman–Crippen LogP) is 4.47. The van der Waals surface area contributed by atoms with Crippen LogP contribution >= 0.6 is 0 Å². The summed E-state index contributed by atoms with van der Waals surface area (Å²) in [5.74, 6) is 4.40. The van der Waals surface area contributed by atoms with E-state index in [1.807, 2.05) is 78.9 Å². The summed E-state index contributed by atoms with van der Waals surface area (Å²) in [6.45, 7) is 0.721. The van der Waals surface area contributed by atoms with Crippen molar-refractivity contribution in [3.8, 4) is 23.8 Å². The second kappa shape index (κ2) is 13.5. The Labute approximate surface area is 261 Å². The first-order valence-electron chi connectivity index (χ1n) is 14.7. The number of methoxy groups -OCH3 is 2. The highest BCUT2D eigenvalue weighted by molar-refractivity contribution is 5.50. The fourth-order valence-electron chi connectivity index (χ4n) is 5.91. The molecule has 10 nitrogen and oxygen atoms in total. The van der Waals surface area contributed by atoms with Gasteiger partial charge in [0.2, 0.25) is 0 Å². The minimum absolute atomic E-state index is 0.0757. The van der Waals surface area contributed by atoms with Crippen LogP contribution in [0.1, 0.15) is 34.9 Å². The van der Waals surface area contributed by atoms with Crippen LogP contribution in [0.15, 0.2) is 89.9 Å². The highest BCUT2D eigenvalue weighted by Gasteiger charge is 2.43. The summed E-state index contributed by atoms with van der Waals surface area (Å²) in [5, 5.41) is 0. The smallest absolute Gasteiger partial charge is 0.351 e. The Balaban J connectivity index is 1.37. The van der Waals surface area contributed by atoms with Crippen LogP contribution < -0.4 is 20.6 Å². The van der Waals surface area contributed by atoms with Crippen LogP contribution in [-0.2, 0) is 31.1 Å². The van der Waals surface area contributed by atoms with Gasteiger partial charge in [-0.15, -0.1) is 6.42 Å². The summed E-state index contributed by atoms with van der Waals surface area (Å²) in [4.78, 5) is 22.5. The summed E-state index contributed by atoms with van der Waals surface area (Å²) in [6.07, 6.45) is 6.68. The maximum absolute atomic E-state index is 13.1. The molecule has 2 aliphatic heterocycles. The first kappa shape index (κ1) is 30.4. The van der Waals surface area contributed by atoms with Crippen molar-refractivity contribution in [2.45, 2.75) is 36.9 Å². The first-order chi connectivity index (χ1) is 22.0. The van der Waals surface area contributed by atoms with Crippen molar-refractivity contribution in [1.29, 1.82) is 0 Å². The molecular formula is C35H35N3O7. The molecule has 0 radical (unpaired) electrons. The molecule has 6 rings (SSSR count). The molecule has 0 amide bonds. The van der Waals surface area contributed by atoms with E-state index in [-0.39, 0.29) is 13.2 Å². The summed E-state index contributed by atoms with van der Waals surface area (Å²) < 4.78 is 32.0. The van der Waals surface area contributed by atoms with E-state index in [4.69, 9.17) is 34.9 Å². The van der Waals surface area contributed by atoms with Crippen LogP contribution in [0.2, 0.25) is 0 Å². The molecule has 45 heavy (non-hydrogen) atoms. The fraction of sp³-hybridized carbons (Fsp3) is 0.314. The molecule has 0 saturated carbocycles.